The van der Waals surface area contributed by atoms with Gasteiger partial charge >= 0.3 is 0 Å². The average molecular weight is 246 g/mol. The second kappa shape index (κ2) is 4.49. The number of H-pyrrole nitrogens is 1. The second-order valence-corrected chi connectivity index (χ2v) is 4.95. The molecule has 0 amide bonds. The van der Waals surface area contributed by atoms with Crippen LogP contribution >= 0.6 is 0 Å². The van der Waals surface area contributed by atoms with Crippen molar-refractivity contribution in [2.75, 3.05) is 30.3 Å². The molecule has 0 spiro atoms. The van der Waals surface area contributed by atoms with Crippen LogP contribution in [0.5, 0.6) is 0 Å². The van der Waals surface area contributed by atoms with Gasteiger partial charge in [0.1, 0.15) is 0 Å². The number of aliphatic hydroxyl groups is 1. The molecule has 0 radical (unpaired) electrons. The van der Waals surface area contributed by atoms with Gasteiger partial charge < -0.3 is 20.7 Å². The Bertz CT molecular complexity index is 543. The number of fused-ring (bicyclic) bond motifs is 1. The molecular formula is C13H18N4O. The van der Waals surface area contributed by atoms with Gasteiger partial charge in [-0.15, -0.1) is 0 Å². The summed E-state index contributed by atoms with van der Waals surface area (Å²) in [5.74, 6) is 1.35. The highest BCUT2D eigenvalue weighted by atomic mass is 16.3. The van der Waals surface area contributed by atoms with Crippen LogP contribution in [0.3, 0.4) is 0 Å². The summed E-state index contributed by atoms with van der Waals surface area (Å²) in [5, 5.41) is 9.14. The third-order valence-corrected chi connectivity index (χ3v) is 3.67. The van der Waals surface area contributed by atoms with E-state index in [0.717, 1.165) is 48.6 Å². The van der Waals surface area contributed by atoms with Crippen molar-refractivity contribution in [3.8, 4) is 0 Å². The van der Waals surface area contributed by atoms with E-state index in [1.807, 2.05) is 18.2 Å². The lowest BCUT2D eigenvalue weighted by atomic mass is 9.98. The zero-order valence-corrected chi connectivity index (χ0v) is 10.3. The fourth-order valence-corrected chi connectivity index (χ4v) is 2.49. The number of nitrogens with one attached hydrogen (secondary N) is 1. The maximum absolute atomic E-state index is 9.14. The van der Waals surface area contributed by atoms with Crippen LogP contribution in [0.2, 0.25) is 0 Å². The molecule has 5 heteroatoms. The average Bonchev–Trinajstić information content (AvgIpc) is 2.81. The highest BCUT2D eigenvalue weighted by Crippen LogP contribution is 2.24. The van der Waals surface area contributed by atoms with Gasteiger partial charge in [0.15, 0.2) is 0 Å². The summed E-state index contributed by atoms with van der Waals surface area (Å²) >= 11 is 0. The van der Waals surface area contributed by atoms with Gasteiger partial charge in [0.05, 0.1) is 11.0 Å². The number of rotatable bonds is 2. The van der Waals surface area contributed by atoms with E-state index in [1.54, 1.807) is 0 Å². The van der Waals surface area contributed by atoms with Gasteiger partial charge in [0, 0.05) is 25.4 Å². The molecule has 1 aliphatic rings. The van der Waals surface area contributed by atoms with Crippen molar-refractivity contribution in [3.63, 3.8) is 0 Å². The second-order valence-electron chi connectivity index (χ2n) is 4.95. The molecule has 2 heterocycles. The molecule has 1 saturated heterocycles. The van der Waals surface area contributed by atoms with E-state index in [9.17, 15) is 0 Å². The number of aromatic amines is 1. The number of hydrogen-bond donors (Lipinski definition) is 3. The molecule has 0 bridgehead atoms. The Morgan fingerprint density at radius 3 is 2.89 bits per heavy atom. The SMILES string of the molecule is Nc1ccc2nc(N3CCC(CO)CC3)[nH]c2c1. The Morgan fingerprint density at radius 2 is 2.17 bits per heavy atom. The highest BCUT2D eigenvalue weighted by molar-refractivity contribution is 5.80. The predicted molar refractivity (Wildman–Crippen MR) is 72.5 cm³/mol. The van der Waals surface area contributed by atoms with Crippen LogP contribution in [0.1, 0.15) is 12.8 Å². The summed E-state index contributed by atoms with van der Waals surface area (Å²) < 4.78 is 0. The van der Waals surface area contributed by atoms with Crippen LogP contribution in [0.4, 0.5) is 11.6 Å². The van der Waals surface area contributed by atoms with Crippen molar-refractivity contribution in [3.05, 3.63) is 18.2 Å². The number of hydrogen-bond acceptors (Lipinski definition) is 4. The molecule has 2 aromatic rings. The molecule has 1 aliphatic heterocycles. The number of piperidine rings is 1. The summed E-state index contributed by atoms with van der Waals surface area (Å²) in [5.41, 5.74) is 8.43. The largest absolute Gasteiger partial charge is 0.399 e. The lowest BCUT2D eigenvalue weighted by molar-refractivity contribution is 0.202. The number of aromatic nitrogens is 2. The van der Waals surface area contributed by atoms with Gasteiger partial charge in [-0.3, -0.25) is 0 Å². The summed E-state index contributed by atoms with van der Waals surface area (Å²) in [4.78, 5) is 10.1. The molecule has 0 atom stereocenters. The Labute approximate surface area is 106 Å². The molecule has 0 saturated carbocycles. The minimum Gasteiger partial charge on any atom is -0.399 e. The first-order valence-corrected chi connectivity index (χ1v) is 6.37. The zero-order chi connectivity index (χ0) is 12.5. The number of benzene rings is 1. The van der Waals surface area contributed by atoms with Gasteiger partial charge in [-0.05, 0) is 37.0 Å². The lowest BCUT2D eigenvalue weighted by Gasteiger charge is -2.30. The molecule has 4 N–H and O–H groups in total. The molecule has 3 rings (SSSR count). The van der Waals surface area contributed by atoms with Crippen LogP contribution in [0, 0.1) is 5.92 Å². The first-order chi connectivity index (χ1) is 8.76. The zero-order valence-electron chi connectivity index (χ0n) is 10.3. The smallest absolute Gasteiger partial charge is 0.203 e. The van der Waals surface area contributed by atoms with Gasteiger partial charge in [0.25, 0.3) is 0 Å². The minimum atomic E-state index is 0.296. The van der Waals surface area contributed by atoms with E-state index in [2.05, 4.69) is 14.9 Å². The van der Waals surface area contributed by atoms with E-state index in [-0.39, 0.29) is 0 Å². The number of nitrogens with two attached hydrogens (primary N) is 1. The van der Waals surface area contributed by atoms with Crippen molar-refractivity contribution < 1.29 is 5.11 Å². The van der Waals surface area contributed by atoms with Crippen molar-refractivity contribution >= 4 is 22.7 Å². The summed E-state index contributed by atoms with van der Waals surface area (Å²) in [6.07, 6.45) is 2.05. The monoisotopic (exact) mass is 246 g/mol. The standard InChI is InChI=1S/C13H18N4O/c14-10-1-2-11-12(7-10)16-13(15-11)17-5-3-9(8-18)4-6-17/h1-2,7,9,18H,3-6,8,14H2,(H,15,16). The number of anilines is 2. The van der Waals surface area contributed by atoms with Gasteiger partial charge in [-0.25, -0.2) is 4.98 Å². The van der Waals surface area contributed by atoms with Crippen molar-refractivity contribution in [2.45, 2.75) is 12.8 Å². The van der Waals surface area contributed by atoms with Crippen molar-refractivity contribution in [2.24, 2.45) is 5.92 Å². The van der Waals surface area contributed by atoms with Crippen LogP contribution in [-0.4, -0.2) is 34.8 Å². The molecule has 1 aromatic heterocycles. The predicted octanol–water partition coefficient (Wildman–Crippen LogP) is 1.35. The number of nitrogens with zero attached hydrogens (tertiary/aromatic N) is 2. The van der Waals surface area contributed by atoms with Gasteiger partial charge in [0.2, 0.25) is 5.95 Å². The Morgan fingerprint density at radius 1 is 1.39 bits per heavy atom. The van der Waals surface area contributed by atoms with E-state index in [1.165, 1.54) is 0 Å². The number of imidazole rings is 1. The van der Waals surface area contributed by atoms with E-state index in [0.29, 0.717) is 12.5 Å². The lowest BCUT2D eigenvalue weighted by Crippen LogP contribution is -2.35. The minimum absolute atomic E-state index is 0.296. The first kappa shape index (κ1) is 11.3. The van der Waals surface area contributed by atoms with E-state index in [4.69, 9.17) is 10.8 Å². The molecule has 0 aliphatic carbocycles. The number of nitrogen functional groups attached to an aromatic ring is 1. The third-order valence-electron chi connectivity index (χ3n) is 3.67. The fraction of sp³-hybridized carbons (Fsp3) is 0.462. The Hall–Kier alpha value is -1.75. The topological polar surface area (TPSA) is 78.2 Å². The van der Waals surface area contributed by atoms with Gasteiger partial charge in [-0.1, -0.05) is 0 Å². The molecule has 5 nitrogen and oxygen atoms in total. The Balaban J connectivity index is 1.82. The summed E-state index contributed by atoms with van der Waals surface area (Å²) in [6.45, 7) is 2.19. The van der Waals surface area contributed by atoms with Crippen LogP contribution in [0.25, 0.3) is 11.0 Å². The highest BCUT2D eigenvalue weighted by Gasteiger charge is 2.20. The number of aliphatic hydroxyl groups excluding tert-OH is 1. The first-order valence-electron chi connectivity index (χ1n) is 6.37. The van der Waals surface area contributed by atoms with Gasteiger partial charge in [-0.2, -0.15) is 0 Å². The van der Waals surface area contributed by atoms with Crippen molar-refractivity contribution in [1.82, 2.24) is 9.97 Å². The summed E-state index contributed by atoms with van der Waals surface area (Å²) in [6, 6.07) is 5.71. The molecule has 1 aromatic carbocycles. The van der Waals surface area contributed by atoms with Crippen molar-refractivity contribution in [1.29, 1.82) is 0 Å². The fourth-order valence-electron chi connectivity index (χ4n) is 2.49. The Kier molecular flexibility index (Phi) is 2.83. The quantitative estimate of drug-likeness (QED) is 0.699. The van der Waals surface area contributed by atoms with E-state index < -0.39 is 0 Å². The van der Waals surface area contributed by atoms with E-state index >= 15 is 0 Å². The maximum Gasteiger partial charge on any atom is 0.203 e. The maximum atomic E-state index is 9.14. The molecule has 1 fully saturated rings. The summed E-state index contributed by atoms with van der Waals surface area (Å²) in [7, 11) is 0. The van der Waals surface area contributed by atoms with Crippen LogP contribution in [0.15, 0.2) is 18.2 Å². The molecule has 18 heavy (non-hydrogen) atoms. The molecule has 96 valence electrons. The van der Waals surface area contributed by atoms with Crippen LogP contribution in [-0.2, 0) is 0 Å². The van der Waals surface area contributed by atoms with Crippen LogP contribution < -0.4 is 10.6 Å². The third kappa shape index (κ3) is 2.01. The molecule has 0 unspecified atom stereocenters. The normalized spacial score (nSPS) is 17.5. The molecular weight excluding hydrogens is 228 g/mol.